The number of hydrogen-bond donors (Lipinski definition) is 1. The van der Waals surface area contributed by atoms with Gasteiger partial charge in [-0.05, 0) is 25.7 Å². The van der Waals surface area contributed by atoms with Gasteiger partial charge in [0.05, 0.1) is 19.3 Å². The number of alkyl halides is 2. The molecule has 1 fully saturated rings. The van der Waals surface area contributed by atoms with E-state index in [0.29, 0.717) is 25.7 Å². The Hall–Kier alpha value is -1.94. The first-order valence-electron chi connectivity index (χ1n) is 9.74. The van der Waals surface area contributed by atoms with Crippen molar-refractivity contribution >= 4 is 11.9 Å². The van der Waals surface area contributed by atoms with Crippen LogP contribution in [0.15, 0.2) is 12.2 Å². The van der Waals surface area contributed by atoms with Gasteiger partial charge in [-0.3, -0.25) is 9.59 Å². The second kappa shape index (κ2) is 11.8. The Morgan fingerprint density at radius 1 is 1.39 bits per heavy atom. The minimum absolute atomic E-state index is 0.121. The van der Waals surface area contributed by atoms with Crippen LogP contribution < -0.4 is 0 Å². The molecule has 1 heterocycles. The van der Waals surface area contributed by atoms with Gasteiger partial charge in [0.15, 0.2) is 0 Å². The average Bonchev–Trinajstić information content (AvgIpc) is 2.89. The highest BCUT2D eigenvalue weighted by Crippen LogP contribution is 2.34. The number of methoxy groups -OCH3 is 1. The molecule has 0 aromatic heterocycles. The van der Waals surface area contributed by atoms with Crippen molar-refractivity contribution in [3.05, 3.63) is 12.2 Å². The number of esters is 1. The van der Waals surface area contributed by atoms with Crippen molar-refractivity contribution in [3.8, 4) is 11.8 Å². The van der Waals surface area contributed by atoms with Crippen LogP contribution >= 0.6 is 0 Å². The molecule has 0 spiro atoms. The van der Waals surface area contributed by atoms with Crippen LogP contribution in [0.25, 0.3) is 0 Å². The highest BCUT2D eigenvalue weighted by atomic mass is 19.3. The molecule has 3 atom stereocenters. The van der Waals surface area contributed by atoms with Crippen molar-refractivity contribution in [1.29, 1.82) is 0 Å². The Morgan fingerprint density at radius 3 is 2.71 bits per heavy atom. The van der Waals surface area contributed by atoms with Crippen LogP contribution in [0.4, 0.5) is 8.78 Å². The van der Waals surface area contributed by atoms with Gasteiger partial charge >= 0.3 is 11.9 Å². The van der Waals surface area contributed by atoms with E-state index in [-0.39, 0.29) is 18.4 Å². The molecule has 1 saturated heterocycles. The summed E-state index contributed by atoms with van der Waals surface area (Å²) in [4.78, 5) is 24.3. The molecule has 0 aromatic rings. The van der Waals surface area contributed by atoms with Gasteiger partial charge in [-0.2, -0.15) is 8.78 Å². The van der Waals surface area contributed by atoms with Crippen molar-refractivity contribution in [3.63, 3.8) is 0 Å². The van der Waals surface area contributed by atoms with Gasteiger partial charge < -0.3 is 14.7 Å². The Labute approximate surface area is 166 Å². The monoisotopic (exact) mass is 399 g/mol. The maximum Gasteiger partial charge on any atom is 0.327 e. The highest BCUT2D eigenvalue weighted by molar-refractivity contribution is 5.86. The summed E-state index contributed by atoms with van der Waals surface area (Å²) in [5, 5.41) is 10.1. The smallest absolute Gasteiger partial charge is 0.327 e. The SMILES string of the molecule is CC#CCC(C)[C@H](O)/C=C/[C@H]1CC(F)(F)C(=O)N1CCCCCCC(=O)OC. The standard InChI is InChI=1S/C21H31F2NO4/c1-4-5-10-16(2)18(25)13-12-17-15-21(22,23)20(27)24(17)14-9-7-6-8-11-19(26)28-3/h12-13,16-18,25H,6-11,14-15H2,1-3H3/b13-12+/t16?,17-,18+/m0/s1. The minimum Gasteiger partial charge on any atom is -0.469 e. The van der Waals surface area contributed by atoms with E-state index in [2.05, 4.69) is 16.6 Å². The topological polar surface area (TPSA) is 66.8 Å². The molecule has 0 bridgehead atoms. The lowest BCUT2D eigenvalue weighted by atomic mass is 10.00. The zero-order valence-electron chi connectivity index (χ0n) is 16.9. The first-order chi connectivity index (χ1) is 13.2. The third-order valence-electron chi connectivity index (χ3n) is 4.91. The van der Waals surface area contributed by atoms with Gasteiger partial charge in [0.1, 0.15) is 0 Å². The van der Waals surface area contributed by atoms with E-state index in [4.69, 9.17) is 0 Å². The number of carbonyl (C=O) groups is 2. The van der Waals surface area contributed by atoms with Gasteiger partial charge in [-0.15, -0.1) is 11.8 Å². The molecule has 0 aliphatic carbocycles. The Balaban J connectivity index is 2.55. The maximum absolute atomic E-state index is 13.9. The Morgan fingerprint density at radius 2 is 2.07 bits per heavy atom. The molecule has 1 aliphatic rings. The predicted molar refractivity (Wildman–Crippen MR) is 103 cm³/mol. The van der Waals surface area contributed by atoms with Crippen molar-refractivity contribution in [2.75, 3.05) is 13.7 Å². The molecular formula is C21H31F2NO4. The zero-order chi connectivity index (χ0) is 21.2. The average molecular weight is 399 g/mol. The Bertz CT molecular complexity index is 609. The van der Waals surface area contributed by atoms with E-state index < -0.39 is 30.4 Å². The molecule has 7 heteroatoms. The first kappa shape index (κ1) is 24.1. The number of halogens is 2. The lowest BCUT2D eigenvalue weighted by molar-refractivity contribution is -0.148. The molecule has 1 aliphatic heterocycles. The summed E-state index contributed by atoms with van der Waals surface area (Å²) in [6, 6.07) is -0.725. The quantitative estimate of drug-likeness (QED) is 0.251. The van der Waals surface area contributed by atoms with Crippen LogP contribution in [-0.2, 0) is 14.3 Å². The van der Waals surface area contributed by atoms with Crippen molar-refractivity contribution < 1.29 is 28.2 Å². The molecule has 0 saturated carbocycles. The Kier molecular flexibility index (Phi) is 10.2. The summed E-state index contributed by atoms with van der Waals surface area (Å²) < 4.78 is 32.3. The van der Waals surface area contributed by atoms with Gasteiger partial charge in [-0.1, -0.05) is 31.9 Å². The third-order valence-corrected chi connectivity index (χ3v) is 4.91. The van der Waals surface area contributed by atoms with Crippen molar-refractivity contribution in [1.82, 2.24) is 4.90 Å². The number of amides is 1. The molecule has 1 amide bonds. The number of nitrogens with zero attached hydrogens (tertiary/aromatic N) is 1. The minimum atomic E-state index is -3.37. The van der Waals surface area contributed by atoms with E-state index in [1.54, 1.807) is 6.92 Å². The molecular weight excluding hydrogens is 368 g/mol. The predicted octanol–water partition coefficient (Wildman–Crippen LogP) is 3.31. The fourth-order valence-corrected chi connectivity index (χ4v) is 3.08. The largest absolute Gasteiger partial charge is 0.469 e. The van der Waals surface area contributed by atoms with Crippen molar-refractivity contribution in [2.24, 2.45) is 5.92 Å². The molecule has 1 unspecified atom stereocenters. The zero-order valence-corrected chi connectivity index (χ0v) is 16.9. The van der Waals surface area contributed by atoms with Crippen LogP contribution in [0.2, 0.25) is 0 Å². The van der Waals surface area contributed by atoms with Crippen LogP contribution in [0, 0.1) is 17.8 Å². The fourth-order valence-electron chi connectivity index (χ4n) is 3.08. The summed E-state index contributed by atoms with van der Waals surface area (Å²) in [6.45, 7) is 3.78. The summed E-state index contributed by atoms with van der Waals surface area (Å²) in [6.07, 6.45) is 5.23. The lowest BCUT2D eigenvalue weighted by Gasteiger charge is -2.22. The second-order valence-corrected chi connectivity index (χ2v) is 7.20. The third kappa shape index (κ3) is 7.59. The molecule has 158 valence electrons. The number of aliphatic hydroxyl groups excluding tert-OH is 1. The van der Waals surface area contributed by atoms with Crippen LogP contribution in [-0.4, -0.2) is 53.6 Å². The highest BCUT2D eigenvalue weighted by Gasteiger charge is 2.52. The van der Waals surface area contributed by atoms with E-state index in [1.807, 2.05) is 6.92 Å². The summed E-state index contributed by atoms with van der Waals surface area (Å²) in [5.41, 5.74) is 0. The molecule has 5 nitrogen and oxygen atoms in total. The van der Waals surface area contributed by atoms with Gasteiger partial charge in [0, 0.05) is 25.8 Å². The number of ether oxygens (including phenoxy) is 1. The van der Waals surface area contributed by atoms with E-state index in [9.17, 15) is 23.5 Å². The molecule has 0 radical (unpaired) electrons. The second-order valence-electron chi connectivity index (χ2n) is 7.20. The van der Waals surface area contributed by atoms with Crippen LogP contribution in [0.5, 0.6) is 0 Å². The lowest BCUT2D eigenvalue weighted by Crippen LogP contribution is -2.36. The number of carbonyl (C=O) groups excluding carboxylic acids is 2. The molecule has 1 rings (SSSR count). The number of likely N-dealkylation sites (tertiary alicyclic amines) is 1. The van der Waals surface area contributed by atoms with Gasteiger partial charge in [0.25, 0.3) is 5.91 Å². The normalized spacial score (nSPS) is 20.7. The summed E-state index contributed by atoms with van der Waals surface area (Å²) in [7, 11) is 1.34. The van der Waals surface area contributed by atoms with Crippen molar-refractivity contribution in [2.45, 2.75) is 76.9 Å². The molecule has 1 N–H and O–H groups in total. The van der Waals surface area contributed by atoms with Gasteiger partial charge in [-0.25, -0.2) is 0 Å². The van der Waals surface area contributed by atoms with E-state index >= 15 is 0 Å². The molecule has 28 heavy (non-hydrogen) atoms. The van der Waals surface area contributed by atoms with Crippen LogP contribution in [0.3, 0.4) is 0 Å². The first-order valence-corrected chi connectivity index (χ1v) is 9.74. The number of unbranched alkanes of at least 4 members (excludes halogenated alkanes) is 3. The van der Waals surface area contributed by atoms with E-state index in [1.165, 1.54) is 24.2 Å². The van der Waals surface area contributed by atoms with Crippen LogP contribution in [0.1, 0.15) is 58.8 Å². The maximum atomic E-state index is 13.9. The molecule has 0 aromatic carbocycles. The fraction of sp³-hybridized carbons (Fsp3) is 0.714. The number of aliphatic hydroxyl groups is 1. The number of rotatable bonds is 11. The van der Waals surface area contributed by atoms with E-state index in [0.717, 1.165) is 12.8 Å². The van der Waals surface area contributed by atoms with Gasteiger partial charge in [0.2, 0.25) is 0 Å². The summed E-state index contributed by atoms with van der Waals surface area (Å²) in [5.74, 6) is 0.728. The summed E-state index contributed by atoms with van der Waals surface area (Å²) >= 11 is 0. The number of hydrogen-bond acceptors (Lipinski definition) is 4.